The largest absolute Gasteiger partial charge is 0.493 e. The fourth-order valence-electron chi connectivity index (χ4n) is 4.71. The van der Waals surface area contributed by atoms with Gasteiger partial charge >= 0.3 is 0 Å². The fraction of sp³-hybridized carbons (Fsp3) is 0.333. The molecule has 1 aliphatic heterocycles. The number of carbonyl (C=O) groups excluding carboxylic acids is 2. The van der Waals surface area contributed by atoms with E-state index in [9.17, 15) is 18.0 Å². The number of hydrogen-bond donors (Lipinski definition) is 2. The summed E-state index contributed by atoms with van der Waals surface area (Å²) in [6, 6.07) is 16.5. The molecule has 0 atom stereocenters. The number of piperidine rings is 1. The van der Waals surface area contributed by atoms with Crippen molar-refractivity contribution in [3.8, 4) is 11.5 Å². The van der Waals surface area contributed by atoms with Crippen LogP contribution >= 0.6 is 11.8 Å². The number of nitrogens with zero attached hydrogens (tertiary/aromatic N) is 1. The maximum Gasteiger partial charge on any atom is 0.261 e. The molecule has 0 bridgehead atoms. The molecule has 218 valence electrons. The summed E-state index contributed by atoms with van der Waals surface area (Å²) in [5, 5.41) is 2.86. The van der Waals surface area contributed by atoms with Gasteiger partial charge in [-0.25, -0.2) is 8.42 Å². The van der Waals surface area contributed by atoms with Crippen LogP contribution in [0.2, 0.25) is 0 Å². The predicted octanol–water partition coefficient (Wildman–Crippen LogP) is 4.83. The van der Waals surface area contributed by atoms with Crippen molar-refractivity contribution in [2.75, 3.05) is 44.8 Å². The molecule has 9 nitrogen and oxygen atoms in total. The standard InChI is InChI=1S/C30H35N3O6S2/c1-38-26-13-11-21(19-27(26)39-2)15-16-31-29(34)23-9-5-6-10-25(23)32-41(36,37)22-12-14-28(40-3)24(20-22)30(35)33-17-7-4-8-18-33/h5-6,9-14,19-20,32H,4,7-8,15-18H2,1-3H3,(H,31,34). The summed E-state index contributed by atoms with van der Waals surface area (Å²) in [4.78, 5) is 28.8. The van der Waals surface area contributed by atoms with E-state index in [1.165, 1.54) is 30.0 Å². The number of likely N-dealkylation sites (tertiary alicyclic amines) is 1. The molecule has 2 amide bonds. The summed E-state index contributed by atoms with van der Waals surface area (Å²) >= 11 is 1.40. The molecule has 0 aromatic heterocycles. The number of benzene rings is 3. The predicted molar refractivity (Wildman–Crippen MR) is 161 cm³/mol. The molecule has 0 spiro atoms. The summed E-state index contributed by atoms with van der Waals surface area (Å²) < 4.78 is 40.0. The van der Waals surface area contributed by atoms with Crippen molar-refractivity contribution in [3.63, 3.8) is 0 Å². The summed E-state index contributed by atoms with van der Waals surface area (Å²) in [5.74, 6) is 0.637. The summed E-state index contributed by atoms with van der Waals surface area (Å²) in [5.41, 5.74) is 1.65. The molecule has 3 aromatic carbocycles. The molecule has 1 aliphatic rings. The van der Waals surface area contributed by atoms with Gasteiger partial charge in [0.2, 0.25) is 0 Å². The van der Waals surface area contributed by atoms with E-state index in [4.69, 9.17) is 9.47 Å². The Bertz CT molecular complexity index is 1500. The van der Waals surface area contributed by atoms with Gasteiger partial charge in [-0.3, -0.25) is 14.3 Å². The molecule has 41 heavy (non-hydrogen) atoms. The van der Waals surface area contributed by atoms with Crippen LogP contribution in [0.1, 0.15) is 45.5 Å². The average molecular weight is 598 g/mol. The Morgan fingerprint density at radius 1 is 0.902 bits per heavy atom. The zero-order chi connectivity index (χ0) is 29.4. The molecule has 0 aliphatic carbocycles. The maximum atomic E-state index is 13.4. The Kier molecular flexibility index (Phi) is 10.2. The third kappa shape index (κ3) is 7.34. The first kappa shape index (κ1) is 30.3. The first-order chi connectivity index (χ1) is 19.8. The van der Waals surface area contributed by atoms with E-state index in [0.717, 1.165) is 24.8 Å². The van der Waals surface area contributed by atoms with E-state index >= 15 is 0 Å². The highest BCUT2D eigenvalue weighted by molar-refractivity contribution is 7.98. The molecule has 0 radical (unpaired) electrons. The first-order valence-electron chi connectivity index (χ1n) is 13.4. The molecule has 2 N–H and O–H groups in total. The second kappa shape index (κ2) is 13.8. The van der Waals surface area contributed by atoms with Crippen LogP contribution in [0.25, 0.3) is 0 Å². The molecule has 3 aromatic rings. The van der Waals surface area contributed by atoms with Crippen molar-refractivity contribution in [2.24, 2.45) is 0 Å². The Labute approximate surface area is 245 Å². The molecular weight excluding hydrogens is 562 g/mol. The quantitative estimate of drug-likeness (QED) is 0.305. The third-order valence-corrected chi connectivity index (χ3v) is 9.08. The zero-order valence-corrected chi connectivity index (χ0v) is 25.1. The number of nitrogens with one attached hydrogen (secondary N) is 2. The number of anilines is 1. The minimum absolute atomic E-state index is 0.0423. The summed E-state index contributed by atoms with van der Waals surface area (Å²) in [6.07, 6.45) is 5.35. The number of sulfonamides is 1. The highest BCUT2D eigenvalue weighted by Gasteiger charge is 2.25. The minimum Gasteiger partial charge on any atom is -0.493 e. The van der Waals surface area contributed by atoms with E-state index in [-0.39, 0.29) is 22.1 Å². The molecule has 1 saturated heterocycles. The third-order valence-electron chi connectivity index (χ3n) is 6.92. The highest BCUT2D eigenvalue weighted by Crippen LogP contribution is 2.29. The van der Waals surface area contributed by atoms with Gasteiger partial charge in [0.05, 0.1) is 35.9 Å². The smallest absolute Gasteiger partial charge is 0.261 e. The first-order valence-corrected chi connectivity index (χ1v) is 16.1. The van der Waals surface area contributed by atoms with Crippen LogP contribution in [-0.4, -0.2) is 65.2 Å². The molecule has 4 rings (SSSR count). The van der Waals surface area contributed by atoms with E-state index in [1.807, 2.05) is 18.4 Å². The number of methoxy groups -OCH3 is 2. The molecule has 0 saturated carbocycles. The summed E-state index contributed by atoms with van der Waals surface area (Å²) in [7, 11) is -0.967. The van der Waals surface area contributed by atoms with Crippen LogP contribution < -0.4 is 19.5 Å². The second-order valence-electron chi connectivity index (χ2n) is 9.56. The number of para-hydroxylation sites is 1. The molecule has 11 heteroatoms. The Morgan fingerprint density at radius 2 is 1.63 bits per heavy atom. The van der Waals surface area contributed by atoms with Crippen LogP contribution in [0, 0.1) is 0 Å². The lowest BCUT2D eigenvalue weighted by molar-refractivity contribution is 0.0720. The van der Waals surface area contributed by atoms with Gasteiger partial charge in [-0.05, 0) is 80.0 Å². The van der Waals surface area contributed by atoms with Crippen LogP contribution in [0.15, 0.2) is 70.5 Å². The molecular formula is C30H35N3O6S2. The van der Waals surface area contributed by atoms with Crippen LogP contribution in [0.5, 0.6) is 11.5 Å². The normalized spacial score (nSPS) is 13.4. The van der Waals surface area contributed by atoms with Crippen molar-refractivity contribution in [2.45, 2.75) is 35.5 Å². The Balaban J connectivity index is 1.49. The van der Waals surface area contributed by atoms with Crippen LogP contribution in [-0.2, 0) is 16.4 Å². The average Bonchev–Trinajstić information content (AvgIpc) is 3.00. The van der Waals surface area contributed by atoms with E-state index in [0.29, 0.717) is 48.0 Å². The van der Waals surface area contributed by atoms with E-state index in [2.05, 4.69) is 10.0 Å². The van der Waals surface area contributed by atoms with Gasteiger partial charge in [-0.2, -0.15) is 0 Å². The van der Waals surface area contributed by atoms with Crippen molar-refractivity contribution in [1.29, 1.82) is 0 Å². The monoisotopic (exact) mass is 597 g/mol. The Hall–Kier alpha value is -3.70. The lowest BCUT2D eigenvalue weighted by Crippen LogP contribution is -2.36. The van der Waals surface area contributed by atoms with Crippen LogP contribution in [0.3, 0.4) is 0 Å². The summed E-state index contributed by atoms with van der Waals surface area (Å²) in [6.45, 7) is 1.65. The maximum absolute atomic E-state index is 13.4. The number of amides is 2. The topological polar surface area (TPSA) is 114 Å². The van der Waals surface area contributed by atoms with Gasteiger partial charge in [0.1, 0.15) is 0 Å². The number of thioether (sulfide) groups is 1. The van der Waals surface area contributed by atoms with Gasteiger partial charge in [-0.15, -0.1) is 11.8 Å². The van der Waals surface area contributed by atoms with E-state index in [1.54, 1.807) is 49.5 Å². The van der Waals surface area contributed by atoms with Gasteiger partial charge < -0.3 is 19.7 Å². The van der Waals surface area contributed by atoms with Crippen molar-refractivity contribution >= 4 is 39.3 Å². The SMILES string of the molecule is COc1ccc(CCNC(=O)c2ccccc2NS(=O)(=O)c2ccc(SC)c(C(=O)N3CCCCC3)c2)cc1OC. The number of carbonyl (C=O) groups is 2. The number of ether oxygens (including phenoxy) is 2. The number of rotatable bonds is 11. The number of hydrogen-bond acceptors (Lipinski definition) is 7. The van der Waals surface area contributed by atoms with Crippen molar-refractivity contribution in [1.82, 2.24) is 10.2 Å². The van der Waals surface area contributed by atoms with E-state index < -0.39 is 15.9 Å². The zero-order valence-electron chi connectivity index (χ0n) is 23.4. The van der Waals surface area contributed by atoms with Gasteiger partial charge in [-0.1, -0.05) is 18.2 Å². The molecule has 0 unspecified atom stereocenters. The van der Waals surface area contributed by atoms with Gasteiger partial charge in [0, 0.05) is 24.5 Å². The molecule has 1 fully saturated rings. The van der Waals surface area contributed by atoms with Crippen molar-refractivity contribution < 1.29 is 27.5 Å². The van der Waals surface area contributed by atoms with Gasteiger partial charge in [0.15, 0.2) is 11.5 Å². The highest BCUT2D eigenvalue weighted by atomic mass is 32.2. The lowest BCUT2D eigenvalue weighted by Gasteiger charge is -2.27. The molecule has 1 heterocycles. The van der Waals surface area contributed by atoms with Crippen LogP contribution in [0.4, 0.5) is 5.69 Å². The minimum atomic E-state index is -4.09. The van der Waals surface area contributed by atoms with Gasteiger partial charge in [0.25, 0.3) is 21.8 Å². The Morgan fingerprint density at radius 3 is 2.34 bits per heavy atom. The fourth-order valence-corrected chi connectivity index (χ4v) is 6.39. The second-order valence-corrected chi connectivity index (χ2v) is 12.1. The lowest BCUT2D eigenvalue weighted by atomic mass is 10.1. The van der Waals surface area contributed by atoms with Crippen molar-refractivity contribution in [3.05, 3.63) is 77.4 Å².